The Morgan fingerprint density at radius 3 is 2.52 bits per heavy atom. The number of rotatable bonds is 5. The summed E-state index contributed by atoms with van der Waals surface area (Å²) in [4.78, 5) is 23.4. The van der Waals surface area contributed by atoms with Gasteiger partial charge in [-0.05, 0) is 36.4 Å². The van der Waals surface area contributed by atoms with Gasteiger partial charge in [-0.15, -0.1) is 0 Å². The van der Waals surface area contributed by atoms with Gasteiger partial charge < -0.3 is 10.4 Å². The van der Waals surface area contributed by atoms with E-state index in [9.17, 15) is 14.7 Å². The van der Waals surface area contributed by atoms with Gasteiger partial charge in [0.25, 0.3) is 11.8 Å². The Morgan fingerprint density at radius 2 is 1.83 bits per heavy atom. The van der Waals surface area contributed by atoms with E-state index in [0.717, 1.165) is 0 Å². The number of hydrogen-bond acceptors (Lipinski definition) is 4. The molecular formula is C16H14ClN3O3. The molecule has 2 aromatic carbocycles. The summed E-state index contributed by atoms with van der Waals surface area (Å²) in [5, 5.41) is 16.2. The molecule has 0 atom stereocenters. The molecule has 0 heterocycles. The van der Waals surface area contributed by atoms with Crippen LogP contribution < -0.4 is 10.7 Å². The summed E-state index contributed by atoms with van der Waals surface area (Å²) >= 11 is 5.73. The molecule has 23 heavy (non-hydrogen) atoms. The molecule has 0 aliphatic carbocycles. The maximum atomic E-state index is 11.8. The number of benzene rings is 2. The SMILES string of the molecule is O=C(CNC(=O)c1ccc(Cl)cc1)N/N=C\c1ccccc1O. The third-order valence-electron chi connectivity index (χ3n) is 2.85. The highest BCUT2D eigenvalue weighted by Crippen LogP contribution is 2.12. The lowest BCUT2D eigenvalue weighted by Crippen LogP contribution is -2.34. The van der Waals surface area contributed by atoms with Crippen molar-refractivity contribution < 1.29 is 14.7 Å². The van der Waals surface area contributed by atoms with Crippen LogP contribution in [0.25, 0.3) is 0 Å². The first-order valence-electron chi connectivity index (χ1n) is 6.70. The summed E-state index contributed by atoms with van der Waals surface area (Å²) in [5.74, 6) is -0.818. The first kappa shape index (κ1) is 16.5. The standard InChI is InChI=1S/C16H14ClN3O3/c17-13-7-5-11(6-8-13)16(23)18-10-15(22)20-19-9-12-3-1-2-4-14(12)21/h1-9,21H,10H2,(H,18,23)(H,20,22)/b19-9-. The molecule has 0 bridgehead atoms. The van der Waals surface area contributed by atoms with Crippen molar-refractivity contribution in [2.24, 2.45) is 5.10 Å². The van der Waals surface area contributed by atoms with Gasteiger partial charge in [0.1, 0.15) is 5.75 Å². The number of phenolic OH excluding ortho intramolecular Hbond substituents is 1. The van der Waals surface area contributed by atoms with E-state index in [4.69, 9.17) is 11.6 Å². The summed E-state index contributed by atoms with van der Waals surface area (Å²) in [6.07, 6.45) is 1.31. The molecule has 0 aromatic heterocycles. The van der Waals surface area contributed by atoms with E-state index in [-0.39, 0.29) is 18.2 Å². The zero-order valence-corrected chi connectivity index (χ0v) is 12.7. The minimum absolute atomic E-state index is 0.0570. The van der Waals surface area contributed by atoms with Gasteiger partial charge in [0.2, 0.25) is 0 Å². The van der Waals surface area contributed by atoms with Gasteiger partial charge in [-0.2, -0.15) is 5.10 Å². The fourth-order valence-electron chi connectivity index (χ4n) is 1.67. The fraction of sp³-hybridized carbons (Fsp3) is 0.0625. The fourth-order valence-corrected chi connectivity index (χ4v) is 1.80. The van der Waals surface area contributed by atoms with Crippen LogP contribution in [0.1, 0.15) is 15.9 Å². The van der Waals surface area contributed by atoms with Crippen molar-refractivity contribution in [3.8, 4) is 5.75 Å². The lowest BCUT2D eigenvalue weighted by atomic mass is 10.2. The predicted octanol–water partition coefficient (Wildman–Crippen LogP) is 1.93. The molecule has 0 aliphatic heterocycles. The average molecular weight is 332 g/mol. The first-order valence-corrected chi connectivity index (χ1v) is 7.08. The van der Waals surface area contributed by atoms with E-state index in [2.05, 4.69) is 15.8 Å². The predicted molar refractivity (Wildman–Crippen MR) is 87.6 cm³/mol. The van der Waals surface area contributed by atoms with Crippen molar-refractivity contribution in [1.82, 2.24) is 10.7 Å². The van der Waals surface area contributed by atoms with Gasteiger partial charge in [0.05, 0.1) is 12.8 Å². The smallest absolute Gasteiger partial charge is 0.259 e. The van der Waals surface area contributed by atoms with Crippen LogP contribution in [0.4, 0.5) is 0 Å². The van der Waals surface area contributed by atoms with Gasteiger partial charge in [0, 0.05) is 16.1 Å². The second-order valence-electron chi connectivity index (χ2n) is 4.54. The molecule has 2 aromatic rings. The molecule has 0 saturated carbocycles. The third kappa shape index (κ3) is 5.12. The molecule has 0 spiro atoms. The molecule has 0 fully saturated rings. The van der Waals surface area contributed by atoms with Gasteiger partial charge in [0.15, 0.2) is 0 Å². The van der Waals surface area contributed by atoms with Gasteiger partial charge in [-0.3, -0.25) is 9.59 Å². The molecule has 7 heteroatoms. The minimum atomic E-state index is -0.487. The summed E-state index contributed by atoms with van der Waals surface area (Å²) in [7, 11) is 0. The Balaban J connectivity index is 1.80. The van der Waals surface area contributed by atoms with Crippen LogP contribution in [0.2, 0.25) is 5.02 Å². The maximum absolute atomic E-state index is 11.8. The Labute approximate surface area is 137 Å². The lowest BCUT2D eigenvalue weighted by Gasteiger charge is -2.04. The molecule has 0 saturated heterocycles. The highest BCUT2D eigenvalue weighted by atomic mass is 35.5. The topological polar surface area (TPSA) is 90.8 Å². The Hall–Kier alpha value is -2.86. The Kier molecular flexibility index (Phi) is 5.71. The molecule has 118 valence electrons. The van der Waals surface area contributed by atoms with Crippen molar-refractivity contribution in [3.63, 3.8) is 0 Å². The number of nitrogens with zero attached hydrogens (tertiary/aromatic N) is 1. The molecule has 2 amide bonds. The van der Waals surface area contributed by atoms with Gasteiger partial charge in [-0.1, -0.05) is 23.7 Å². The largest absolute Gasteiger partial charge is 0.507 e. The van der Waals surface area contributed by atoms with E-state index < -0.39 is 5.91 Å². The Morgan fingerprint density at radius 1 is 1.13 bits per heavy atom. The second kappa shape index (κ2) is 7.95. The molecular weight excluding hydrogens is 318 g/mol. The highest BCUT2D eigenvalue weighted by Gasteiger charge is 2.07. The summed E-state index contributed by atoms with van der Waals surface area (Å²) in [6, 6.07) is 12.9. The molecule has 2 rings (SSSR count). The number of amides is 2. The summed E-state index contributed by atoms with van der Waals surface area (Å²) in [5.41, 5.74) is 3.13. The van der Waals surface area contributed by atoms with E-state index in [0.29, 0.717) is 16.1 Å². The van der Waals surface area contributed by atoms with Gasteiger partial charge >= 0.3 is 0 Å². The zero-order chi connectivity index (χ0) is 16.7. The second-order valence-corrected chi connectivity index (χ2v) is 4.98. The summed E-state index contributed by atoms with van der Waals surface area (Å²) in [6.45, 7) is -0.223. The minimum Gasteiger partial charge on any atom is -0.507 e. The van der Waals surface area contributed by atoms with Crippen LogP contribution in [0.5, 0.6) is 5.75 Å². The maximum Gasteiger partial charge on any atom is 0.259 e. The first-order chi connectivity index (χ1) is 11.1. The lowest BCUT2D eigenvalue weighted by molar-refractivity contribution is -0.120. The highest BCUT2D eigenvalue weighted by molar-refractivity contribution is 6.30. The van der Waals surface area contributed by atoms with E-state index in [1.807, 2.05) is 0 Å². The zero-order valence-electron chi connectivity index (χ0n) is 12.0. The van der Waals surface area contributed by atoms with Crippen LogP contribution in [0.15, 0.2) is 53.6 Å². The number of hydrazone groups is 1. The van der Waals surface area contributed by atoms with Crippen molar-refractivity contribution in [1.29, 1.82) is 0 Å². The van der Waals surface area contributed by atoms with Crippen LogP contribution >= 0.6 is 11.6 Å². The number of aromatic hydroxyl groups is 1. The van der Waals surface area contributed by atoms with Crippen molar-refractivity contribution in [3.05, 3.63) is 64.7 Å². The average Bonchev–Trinajstić information content (AvgIpc) is 2.55. The van der Waals surface area contributed by atoms with Crippen LogP contribution in [0, 0.1) is 0 Å². The summed E-state index contributed by atoms with van der Waals surface area (Å²) < 4.78 is 0. The van der Waals surface area contributed by atoms with E-state index in [1.54, 1.807) is 42.5 Å². The molecule has 0 radical (unpaired) electrons. The van der Waals surface area contributed by atoms with Crippen LogP contribution in [0.3, 0.4) is 0 Å². The van der Waals surface area contributed by atoms with Crippen LogP contribution in [-0.2, 0) is 4.79 Å². The third-order valence-corrected chi connectivity index (χ3v) is 3.10. The van der Waals surface area contributed by atoms with E-state index in [1.165, 1.54) is 12.3 Å². The number of hydrogen-bond donors (Lipinski definition) is 3. The number of halogens is 1. The monoisotopic (exact) mass is 331 g/mol. The van der Waals surface area contributed by atoms with Crippen molar-refractivity contribution in [2.75, 3.05) is 6.54 Å². The number of carbonyl (C=O) groups is 2. The molecule has 3 N–H and O–H groups in total. The quantitative estimate of drug-likeness (QED) is 0.577. The molecule has 0 unspecified atom stereocenters. The van der Waals surface area contributed by atoms with Crippen molar-refractivity contribution in [2.45, 2.75) is 0 Å². The number of nitrogens with one attached hydrogen (secondary N) is 2. The van der Waals surface area contributed by atoms with Crippen molar-refractivity contribution >= 4 is 29.6 Å². The Bertz CT molecular complexity index is 730. The number of para-hydroxylation sites is 1. The number of phenols is 1. The number of carbonyl (C=O) groups excluding carboxylic acids is 2. The normalized spacial score (nSPS) is 10.5. The van der Waals surface area contributed by atoms with E-state index >= 15 is 0 Å². The van der Waals surface area contributed by atoms with Gasteiger partial charge in [-0.25, -0.2) is 5.43 Å². The molecule has 0 aliphatic rings. The molecule has 6 nitrogen and oxygen atoms in total. The van der Waals surface area contributed by atoms with Crippen LogP contribution in [-0.4, -0.2) is 29.7 Å².